The molecule has 18 heavy (non-hydrogen) atoms. The minimum Gasteiger partial charge on any atom is -0.493 e. The SMILES string of the molecule is COc1cc(C2(CN)CCC2)c(F)c(Br)c1OC. The number of halogens is 2. The molecule has 0 unspecified atom stereocenters. The van der Waals surface area contributed by atoms with Crippen LogP contribution in [0, 0.1) is 5.82 Å². The standard InChI is InChI=1S/C13H17BrFNO2/c1-17-9-6-8(13(7-16)4-3-5-13)11(15)10(14)12(9)18-2/h6H,3-5,7,16H2,1-2H3. The Kier molecular flexibility index (Phi) is 3.82. The fourth-order valence-electron chi connectivity index (χ4n) is 2.50. The van der Waals surface area contributed by atoms with Gasteiger partial charge in [0.2, 0.25) is 0 Å². The van der Waals surface area contributed by atoms with E-state index in [1.807, 2.05) is 0 Å². The van der Waals surface area contributed by atoms with Crippen molar-refractivity contribution >= 4 is 15.9 Å². The first-order valence-corrected chi connectivity index (χ1v) is 6.69. The smallest absolute Gasteiger partial charge is 0.177 e. The molecule has 2 N–H and O–H groups in total. The van der Waals surface area contributed by atoms with E-state index < -0.39 is 0 Å². The minimum atomic E-state index is -0.294. The van der Waals surface area contributed by atoms with E-state index in [-0.39, 0.29) is 11.2 Å². The van der Waals surface area contributed by atoms with Crippen LogP contribution in [0.1, 0.15) is 24.8 Å². The number of methoxy groups -OCH3 is 2. The molecule has 3 nitrogen and oxygen atoms in total. The zero-order valence-corrected chi connectivity index (χ0v) is 12.1. The molecule has 1 aliphatic carbocycles. The normalized spacial score (nSPS) is 17.2. The topological polar surface area (TPSA) is 44.5 Å². The van der Waals surface area contributed by atoms with E-state index in [0.29, 0.717) is 28.1 Å². The van der Waals surface area contributed by atoms with Gasteiger partial charge in [-0.15, -0.1) is 0 Å². The molecule has 5 heteroatoms. The predicted octanol–water partition coefficient (Wildman–Crippen LogP) is 2.99. The fraction of sp³-hybridized carbons (Fsp3) is 0.538. The van der Waals surface area contributed by atoms with E-state index in [1.165, 1.54) is 7.11 Å². The molecule has 1 fully saturated rings. The van der Waals surface area contributed by atoms with E-state index >= 15 is 0 Å². The lowest BCUT2D eigenvalue weighted by Crippen LogP contribution is -2.42. The highest BCUT2D eigenvalue weighted by atomic mass is 79.9. The second-order valence-corrected chi connectivity index (χ2v) is 5.42. The maximum atomic E-state index is 14.4. The fourth-order valence-corrected chi connectivity index (χ4v) is 3.07. The van der Waals surface area contributed by atoms with Gasteiger partial charge in [-0.2, -0.15) is 0 Å². The molecule has 0 radical (unpaired) electrons. The van der Waals surface area contributed by atoms with Gasteiger partial charge in [0.15, 0.2) is 11.5 Å². The summed E-state index contributed by atoms with van der Waals surface area (Å²) in [6.07, 6.45) is 2.92. The summed E-state index contributed by atoms with van der Waals surface area (Å²) in [7, 11) is 3.03. The summed E-state index contributed by atoms with van der Waals surface area (Å²) in [5, 5.41) is 0. The van der Waals surface area contributed by atoms with E-state index in [9.17, 15) is 4.39 Å². The van der Waals surface area contributed by atoms with Crippen LogP contribution in [-0.2, 0) is 5.41 Å². The first-order chi connectivity index (χ1) is 8.59. The Bertz CT molecular complexity index is 455. The van der Waals surface area contributed by atoms with Crippen LogP contribution in [0.25, 0.3) is 0 Å². The number of benzene rings is 1. The van der Waals surface area contributed by atoms with Crippen LogP contribution >= 0.6 is 15.9 Å². The van der Waals surface area contributed by atoms with Crippen LogP contribution in [0.3, 0.4) is 0 Å². The lowest BCUT2D eigenvalue weighted by molar-refractivity contribution is 0.242. The van der Waals surface area contributed by atoms with Crippen molar-refractivity contribution in [3.63, 3.8) is 0 Å². The van der Waals surface area contributed by atoms with Crippen LogP contribution in [0.5, 0.6) is 11.5 Å². The minimum absolute atomic E-state index is 0.244. The highest BCUT2D eigenvalue weighted by Gasteiger charge is 2.41. The number of hydrogen-bond donors (Lipinski definition) is 1. The quantitative estimate of drug-likeness (QED) is 0.928. The van der Waals surface area contributed by atoms with E-state index in [4.69, 9.17) is 15.2 Å². The Morgan fingerprint density at radius 2 is 2.06 bits per heavy atom. The number of hydrogen-bond acceptors (Lipinski definition) is 3. The Balaban J connectivity index is 2.58. The summed E-state index contributed by atoms with van der Waals surface area (Å²) in [5.41, 5.74) is 6.21. The van der Waals surface area contributed by atoms with Crippen molar-refractivity contribution in [3.8, 4) is 11.5 Å². The zero-order valence-electron chi connectivity index (χ0n) is 10.6. The number of ether oxygens (including phenoxy) is 2. The molecule has 1 aromatic carbocycles. The van der Waals surface area contributed by atoms with E-state index in [2.05, 4.69) is 15.9 Å². The molecule has 0 bridgehead atoms. The second kappa shape index (κ2) is 5.05. The lowest BCUT2D eigenvalue weighted by atomic mass is 9.64. The second-order valence-electron chi connectivity index (χ2n) is 4.63. The van der Waals surface area contributed by atoms with Crippen LogP contribution in [0.4, 0.5) is 4.39 Å². The molecule has 100 valence electrons. The van der Waals surface area contributed by atoms with E-state index in [1.54, 1.807) is 13.2 Å². The molecule has 0 aromatic heterocycles. The average molecular weight is 318 g/mol. The molecule has 2 rings (SSSR count). The Morgan fingerprint density at radius 1 is 1.39 bits per heavy atom. The van der Waals surface area contributed by atoms with Crippen LogP contribution in [-0.4, -0.2) is 20.8 Å². The lowest BCUT2D eigenvalue weighted by Gasteiger charge is -2.42. The Hall–Kier alpha value is -0.810. The maximum Gasteiger partial charge on any atom is 0.177 e. The first kappa shape index (κ1) is 13.6. The molecular weight excluding hydrogens is 301 g/mol. The molecule has 0 heterocycles. The predicted molar refractivity (Wildman–Crippen MR) is 71.8 cm³/mol. The van der Waals surface area contributed by atoms with Gasteiger partial charge in [-0.1, -0.05) is 6.42 Å². The summed E-state index contributed by atoms with van der Waals surface area (Å²) >= 11 is 3.24. The third kappa shape index (κ3) is 1.89. The molecule has 0 atom stereocenters. The third-order valence-electron chi connectivity index (χ3n) is 3.82. The number of rotatable bonds is 4. The highest BCUT2D eigenvalue weighted by molar-refractivity contribution is 9.10. The summed E-state index contributed by atoms with van der Waals surface area (Å²) in [6, 6.07) is 1.71. The summed E-state index contributed by atoms with van der Waals surface area (Å²) < 4.78 is 25.2. The molecule has 0 saturated heterocycles. The summed E-state index contributed by atoms with van der Waals surface area (Å²) in [4.78, 5) is 0. The van der Waals surface area contributed by atoms with Crippen molar-refractivity contribution in [2.75, 3.05) is 20.8 Å². The van der Waals surface area contributed by atoms with Crippen molar-refractivity contribution in [2.24, 2.45) is 5.73 Å². The van der Waals surface area contributed by atoms with Gasteiger partial charge in [0.1, 0.15) is 5.82 Å². The Labute approximate surface area is 115 Å². The van der Waals surface area contributed by atoms with Gasteiger partial charge >= 0.3 is 0 Å². The van der Waals surface area contributed by atoms with Gasteiger partial charge < -0.3 is 15.2 Å². The summed E-state index contributed by atoms with van der Waals surface area (Å²) in [5.74, 6) is 0.614. The van der Waals surface area contributed by atoms with Gasteiger partial charge in [-0.3, -0.25) is 0 Å². The third-order valence-corrected chi connectivity index (χ3v) is 4.53. The molecule has 0 aliphatic heterocycles. The van der Waals surface area contributed by atoms with Crippen LogP contribution in [0.2, 0.25) is 0 Å². The van der Waals surface area contributed by atoms with Gasteiger partial charge in [-0.05, 0) is 34.8 Å². The molecule has 0 amide bonds. The van der Waals surface area contributed by atoms with Crippen LogP contribution < -0.4 is 15.2 Å². The van der Waals surface area contributed by atoms with Gasteiger partial charge in [0.25, 0.3) is 0 Å². The van der Waals surface area contributed by atoms with E-state index in [0.717, 1.165) is 19.3 Å². The van der Waals surface area contributed by atoms with Crippen molar-refractivity contribution in [2.45, 2.75) is 24.7 Å². The van der Waals surface area contributed by atoms with Crippen molar-refractivity contribution in [1.82, 2.24) is 0 Å². The molecule has 1 aliphatic rings. The molecule has 1 saturated carbocycles. The first-order valence-electron chi connectivity index (χ1n) is 5.90. The molecule has 0 spiro atoms. The van der Waals surface area contributed by atoms with Crippen molar-refractivity contribution in [1.29, 1.82) is 0 Å². The van der Waals surface area contributed by atoms with Gasteiger partial charge in [0, 0.05) is 17.5 Å². The van der Waals surface area contributed by atoms with Gasteiger partial charge in [-0.25, -0.2) is 4.39 Å². The molecule has 1 aromatic rings. The highest BCUT2D eigenvalue weighted by Crippen LogP contribution is 2.49. The van der Waals surface area contributed by atoms with Crippen molar-refractivity contribution in [3.05, 3.63) is 21.9 Å². The van der Waals surface area contributed by atoms with Crippen LogP contribution in [0.15, 0.2) is 10.5 Å². The zero-order chi connectivity index (χ0) is 13.3. The monoisotopic (exact) mass is 317 g/mol. The number of nitrogens with two attached hydrogens (primary N) is 1. The maximum absolute atomic E-state index is 14.4. The average Bonchev–Trinajstić information content (AvgIpc) is 2.33. The molecular formula is C13H17BrFNO2. The van der Waals surface area contributed by atoms with Gasteiger partial charge in [0.05, 0.1) is 18.7 Å². The largest absolute Gasteiger partial charge is 0.493 e. The van der Waals surface area contributed by atoms with Crippen molar-refractivity contribution < 1.29 is 13.9 Å². The summed E-state index contributed by atoms with van der Waals surface area (Å²) in [6.45, 7) is 0.450. The Morgan fingerprint density at radius 3 is 2.44 bits per heavy atom.